The van der Waals surface area contributed by atoms with Gasteiger partial charge in [-0.05, 0) is 70.7 Å². The molecule has 100 valence electrons. The van der Waals surface area contributed by atoms with Crippen molar-refractivity contribution in [3.05, 3.63) is 34.4 Å². The van der Waals surface area contributed by atoms with Gasteiger partial charge in [0, 0.05) is 0 Å². The molecule has 18 heavy (non-hydrogen) atoms. The topological polar surface area (TPSA) is 26.3 Å². The number of ether oxygens (including phenoxy) is 1. The predicted octanol–water partition coefficient (Wildman–Crippen LogP) is 4.06. The molecule has 0 aliphatic heterocycles. The van der Waals surface area contributed by atoms with Crippen LogP contribution in [0.1, 0.15) is 55.9 Å². The predicted molar refractivity (Wildman–Crippen MR) is 74.9 cm³/mol. The first-order valence-corrected chi connectivity index (χ1v) is 6.42. The Labute approximate surface area is 110 Å². The molecule has 0 saturated heterocycles. The number of esters is 1. The normalized spacial score (nSPS) is 13.3. The van der Waals surface area contributed by atoms with E-state index < -0.39 is 5.60 Å². The lowest BCUT2D eigenvalue weighted by Crippen LogP contribution is -2.27. The highest BCUT2D eigenvalue weighted by molar-refractivity contribution is 5.78. The molecule has 2 nitrogen and oxygen atoms in total. The van der Waals surface area contributed by atoms with E-state index in [0.717, 1.165) is 11.1 Å². The Balaban J connectivity index is 3.01. The quantitative estimate of drug-likeness (QED) is 0.738. The van der Waals surface area contributed by atoms with Crippen LogP contribution in [0, 0.1) is 20.8 Å². The van der Waals surface area contributed by atoms with E-state index in [4.69, 9.17) is 4.74 Å². The summed E-state index contributed by atoms with van der Waals surface area (Å²) >= 11 is 0. The van der Waals surface area contributed by atoms with Crippen LogP contribution in [0.25, 0.3) is 0 Å². The Hall–Kier alpha value is -1.31. The van der Waals surface area contributed by atoms with Gasteiger partial charge in [0.2, 0.25) is 0 Å². The van der Waals surface area contributed by atoms with Gasteiger partial charge in [-0.2, -0.15) is 0 Å². The van der Waals surface area contributed by atoms with Crippen LogP contribution in [0.2, 0.25) is 0 Å². The van der Waals surface area contributed by atoms with E-state index in [0.29, 0.717) is 0 Å². The molecular formula is C16H24O2. The zero-order valence-corrected chi connectivity index (χ0v) is 12.5. The SMILES string of the molecule is Cc1cc(C)c(C(C)C(=O)OC(C)(C)C)cc1C. The van der Waals surface area contributed by atoms with Gasteiger partial charge in [0.1, 0.15) is 5.60 Å². The third kappa shape index (κ3) is 3.59. The van der Waals surface area contributed by atoms with E-state index in [9.17, 15) is 4.79 Å². The van der Waals surface area contributed by atoms with Crippen molar-refractivity contribution in [1.29, 1.82) is 0 Å². The molecule has 0 heterocycles. The summed E-state index contributed by atoms with van der Waals surface area (Å²) in [6.07, 6.45) is 0. The molecule has 1 aromatic rings. The molecule has 1 aromatic carbocycles. The van der Waals surface area contributed by atoms with Crippen LogP contribution in [-0.2, 0) is 9.53 Å². The summed E-state index contributed by atoms with van der Waals surface area (Å²) in [5.74, 6) is -0.377. The lowest BCUT2D eigenvalue weighted by Gasteiger charge is -2.23. The summed E-state index contributed by atoms with van der Waals surface area (Å²) in [5.41, 5.74) is 4.25. The summed E-state index contributed by atoms with van der Waals surface area (Å²) in [6, 6.07) is 4.23. The van der Waals surface area contributed by atoms with Crippen LogP contribution in [0.15, 0.2) is 12.1 Å². The third-order valence-corrected chi connectivity index (χ3v) is 3.11. The second kappa shape index (κ2) is 5.13. The lowest BCUT2D eigenvalue weighted by molar-refractivity contribution is -0.156. The highest BCUT2D eigenvalue weighted by atomic mass is 16.6. The highest BCUT2D eigenvalue weighted by Gasteiger charge is 2.24. The number of benzene rings is 1. The van der Waals surface area contributed by atoms with Crippen molar-refractivity contribution in [2.75, 3.05) is 0 Å². The van der Waals surface area contributed by atoms with Crippen LogP contribution in [0.5, 0.6) is 0 Å². The van der Waals surface area contributed by atoms with Gasteiger partial charge in [-0.3, -0.25) is 4.79 Å². The number of aryl methyl sites for hydroxylation is 3. The van der Waals surface area contributed by atoms with Gasteiger partial charge in [-0.25, -0.2) is 0 Å². The van der Waals surface area contributed by atoms with Crippen LogP contribution < -0.4 is 0 Å². The van der Waals surface area contributed by atoms with Crippen molar-refractivity contribution in [2.24, 2.45) is 0 Å². The standard InChI is InChI=1S/C16H24O2/c1-10-8-12(3)14(9-11(10)2)13(4)15(17)18-16(5,6)7/h8-9,13H,1-7H3. The Morgan fingerprint density at radius 3 is 2.06 bits per heavy atom. The minimum atomic E-state index is -0.432. The Kier molecular flexibility index (Phi) is 4.20. The van der Waals surface area contributed by atoms with Crippen molar-refractivity contribution in [2.45, 2.75) is 60.0 Å². The zero-order chi connectivity index (χ0) is 14.1. The van der Waals surface area contributed by atoms with Gasteiger partial charge in [-0.1, -0.05) is 12.1 Å². The first-order valence-electron chi connectivity index (χ1n) is 6.42. The molecule has 1 unspecified atom stereocenters. The first kappa shape index (κ1) is 14.7. The molecule has 0 radical (unpaired) electrons. The molecule has 1 rings (SSSR count). The maximum atomic E-state index is 12.1. The van der Waals surface area contributed by atoms with Gasteiger partial charge in [-0.15, -0.1) is 0 Å². The van der Waals surface area contributed by atoms with Crippen molar-refractivity contribution in [3.8, 4) is 0 Å². The van der Waals surface area contributed by atoms with E-state index >= 15 is 0 Å². The van der Waals surface area contributed by atoms with Crippen molar-refractivity contribution < 1.29 is 9.53 Å². The monoisotopic (exact) mass is 248 g/mol. The fourth-order valence-corrected chi connectivity index (χ4v) is 1.97. The van der Waals surface area contributed by atoms with E-state index in [2.05, 4.69) is 26.0 Å². The molecule has 0 aromatic heterocycles. The molecule has 1 atom stereocenters. The molecule has 2 heteroatoms. The van der Waals surface area contributed by atoms with Gasteiger partial charge in [0.25, 0.3) is 0 Å². The number of rotatable bonds is 2. The van der Waals surface area contributed by atoms with Gasteiger partial charge in [0.05, 0.1) is 5.92 Å². The summed E-state index contributed by atoms with van der Waals surface area (Å²) in [6.45, 7) is 13.8. The Bertz CT molecular complexity index is 453. The molecule has 0 N–H and O–H groups in total. The molecule has 0 bridgehead atoms. The number of hydrogen-bond acceptors (Lipinski definition) is 2. The molecule has 0 spiro atoms. The summed E-state index contributed by atoms with van der Waals surface area (Å²) in [7, 11) is 0. The molecule has 0 aliphatic rings. The second-order valence-electron chi connectivity index (χ2n) is 6.05. The summed E-state index contributed by atoms with van der Waals surface area (Å²) in [4.78, 5) is 12.1. The molecule has 0 saturated carbocycles. The van der Waals surface area contributed by atoms with Crippen molar-refractivity contribution in [3.63, 3.8) is 0 Å². The van der Waals surface area contributed by atoms with Crippen LogP contribution in [-0.4, -0.2) is 11.6 Å². The van der Waals surface area contributed by atoms with Gasteiger partial charge >= 0.3 is 5.97 Å². The first-order chi connectivity index (χ1) is 8.11. The minimum Gasteiger partial charge on any atom is -0.460 e. The van der Waals surface area contributed by atoms with Gasteiger partial charge < -0.3 is 4.74 Å². The van der Waals surface area contributed by atoms with E-state index in [1.807, 2.05) is 34.6 Å². The van der Waals surface area contributed by atoms with E-state index in [1.165, 1.54) is 11.1 Å². The fourth-order valence-electron chi connectivity index (χ4n) is 1.97. The third-order valence-electron chi connectivity index (χ3n) is 3.11. The van der Waals surface area contributed by atoms with E-state index in [1.54, 1.807) is 0 Å². The van der Waals surface area contributed by atoms with Crippen LogP contribution in [0.3, 0.4) is 0 Å². The average Bonchev–Trinajstić information content (AvgIpc) is 2.20. The highest BCUT2D eigenvalue weighted by Crippen LogP contribution is 2.25. The maximum absolute atomic E-state index is 12.1. The minimum absolute atomic E-state index is 0.158. The smallest absolute Gasteiger partial charge is 0.313 e. The summed E-state index contributed by atoms with van der Waals surface area (Å²) in [5, 5.41) is 0. The Morgan fingerprint density at radius 1 is 1.06 bits per heavy atom. The fraction of sp³-hybridized carbons (Fsp3) is 0.562. The van der Waals surface area contributed by atoms with Crippen molar-refractivity contribution >= 4 is 5.97 Å². The Morgan fingerprint density at radius 2 is 1.56 bits per heavy atom. The van der Waals surface area contributed by atoms with Gasteiger partial charge in [0.15, 0.2) is 0 Å². The zero-order valence-electron chi connectivity index (χ0n) is 12.5. The molecule has 0 amide bonds. The second-order valence-corrected chi connectivity index (χ2v) is 6.05. The molecule has 0 aliphatic carbocycles. The molecule has 0 fully saturated rings. The maximum Gasteiger partial charge on any atom is 0.313 e. The van der Waals surface area contributed by atoms with Crippen LogP contribution in [0.4, 0.5) is 0 Å². The summed E-state index contributed by atoms with van der Waals surface area (Å²) < 4.78 is 5.44. The molecular weight excluding hydrogens is 224 g/mol. The van der Waals surface area contributed by atoms with Crippen molar-refractivity contribution in [1.82, 2.24) is 0 Å². The van der Waals surface area contributed by atoms with E-state index in [-0.39, 0.29) is 11.9 Å². The largest absolute Gasteiger partial charge is 0.460 e. The van der Waals surface area contributed by atoms with Crippen LogP contribution >= 0.6 is 0 Å². The number of hydrogen-bond donors (Lipinski definition) is 0. The average molecular weight is 248 g/mol. The number of carbonyl (C=O) groups is 1. The number of carbonyl (C=O) groups excluding carboxylic acids is 1. The lowest BCUT2D eigenvalue weighted by atomic mass is 9.92.